The standard InChI is InChI=1S/C33H33N5O4/c1-40-30-13-21(33(39)38-18-23-16-35-17-24(23)19-38)2-4-27(30)31-14-29-32(42-31)26(6-9-36-29)20-3-5-28(22(12-20)15-34)37-25-7-10-41-11-8-25/h2-6,9,12-14,23-25,35,37H,7-8,10-11,16-19H2,1H3. The fraction of sp³-hybridized carbons (Fsp3) is 0.364. The molecule has 4 aromatic rings. The van der Waals surface area contributed by atoms with E-state index in [1.165, 1.54) is 0 Å². The van der Waals surface area contributed by atoms with Crippen molar-refractivity contribution in [3.8, 4) is 34.3 Å². The lowest BCUT2D eigenvalue weighted by Crippen LogP contribution is -2.31. The molecule has 0 spiro atoms. The van der Waals surface area contributed by atoms with E-state index in [1.807, 2.05) is 47.4 Å². The van der Waals surface area contributed by atoms with Crippen LogP contribution in [0.2, 0.25) is 0 Å². The quantitative estimate of drug-likeness (QED) is 0.340. The van der Waals surface area contributed by atoms with Gasteiger partial charge in [0.15, 0.2) is 5.58 Å². The molecule has 2 atom stereocenters. The Kier molecular flexibility index (Phi) is 7.02. The van der Waals surface area contributed by atoms with Gasteiger partial charge in [-0.1, -0.05) is 6.07 Å². The van der Waals surface area contributed by atoms with Crippen molar-refractivity contribution in [3.63, 3.8) is 0 Å². The van der Waals surface area contributed by atoms with Crippen molar-refractivity contribution in [2.45, 2.75) is 18.9 Å². The Labute approximate surface area is 244 Å². The molecule has 0 radical (unpaired) electrons. The Balaban J connectivity index is 1.17. The average molecular weight is 564 g/mol. The summed E-state index contributed by atoms with van der Waals surface area (Å²) in [6.07, 6.45) is 3.59. The minimum absolute atomic E-state index is 0.0332. The molecule has 42 heavy (non-hydrogen) atoms. The van der Waals surface area contributed by atoms with Crippen LogP contribution < -0.4 is 15.4 Å². The maximum Gasteiger partial charge on any atom is 0.254 e. The number of nitrogens with zero attached hydrogens (tertiary/aromatic N) is 3. The number of anilines is 1. The van der Waals surface area contributed by atoms with Gasteiger partial charge in [0.2, 0.25) is 0 Å². The first-order valence-corrected chi connectivity index (χ1v) is 14.6. The van der Waals surface area contributed by atoms with Gasteiger partial charge in [-0.15, -0.1) is 0 Å². The van der Waals surface area contributed by atoms with Gasteiger partial charge >= 0.3 is 0 Å². The predicted molar refractivity (Wildman–Crippen MR) is 159 cm³/mol. The number of benzene rings is 2. The molecule has 3 saturated heterocycles. The van der Waals surface area contributed by atoms with E-state index in [0.29, 0.717) is 51.6 Å². The van der Waals surface area contributed by atoms with Crippen molar-refractivity contribution < 1.29 is 18.7 Å². The number of hydrogen-bond acceptors (Lipinski definition) is 8. The fourth-order valence-corrected chi connectivity index (χ4v) is 6.52. The van der Waals surface area contributed by atoms with Crippen LogP contribution in [-0.4, -0.2) is 68.3 Å². The molecule has 1 amide bonds. The molecule has 214 valence electrons. The summed E-state index contributed by atoms with van der Waals surface area (Å²) in [5, 5.41) is 16.9. The third-order valence-corrected chi connectivity index (χ3v) is 8.83. The molecular weight excluding hydrogens is 530 g/mol. The number of ether oxygens (including phenoxy) is 2. The molecule has 7 rings (SSSR count). The molecule has 2 aromatic heterocycles. The minimum Gasteiger partial charge on any atom is -0.496 e. The number of carbonyl (C=O) groups excluding carboxylic acids is 1. The second-order valence-electron chi connectivity index (χ2n) is 11.4. The second kappa shape index (κ2) is 11.1. The van der Waals surface area contributed by atoms with Crippen molar-refractivity contribution in [2.24, 2.45) is 11.8 Å². The first-order valence-electron chi connectivity index (χ1n) is 14.6. The number of likely N-dealkylation sites (tertiary alicyclic amines) is 1. The number of amides is 1. The second-order valence-corrected chi connectivity index (χ2v) is 11.4. The summed E-state index contributed by atoms with van der Waals surface area (Å²) in [6, 6.07) is 17.8. The highest BCUT2D eigenvalue weighted by Crippen LogP contribution is 2.39. The van der Waals surface area contributed by atoms with Crippen LogP contribution in [0.1, 0.15) is 28.8 Å². The zero-order valence-corrected chi connectivity index (χ0v) is 23.6. The lowest BCUT2D eigenvalue weighted by molar-refractivity contribution is 0.0781. The van der Waals surface area contributed by atoms with Crippen LogP contribution in [-0.2, 0) is 4.74 Å². The highest BCUT2D eigenvalue weighted by atomic mass is 16.5. The number of fused-ring (bicyclic) bond motifs is 2. The van der Waals surface area contributed by atoms with Crippen LogP contribution in [0.4, 0.5) is 5.69 Å². The number of nitrogens with one attached hydrogen (secondary N) is 2. The Bertz CT molecular complexity index is 1670. The molecule has 0 saturated carbocycles. The molecule has 5 heterocycles. The number of pyridine rings is 1. The number of methoxy groups -OCH3 is 1. The van der Waals surface area contributed by atoms with Gasteiger partial charge in [0, 0.05) is 68.8 Å². The SMILES string of the molecule is COc1cc(C(=O)N2CC3CNCC3C2)ccc1-c1cc2nccc(-c3ccc(NC4CCOCC4)c(C#N)c3)c2o1. The van der Waals surface area contributed by atoms with Gasteiger partial charge in [-0.3, -0.25) is 9.78 Å². The number of carbonyl (C=O) groups is 1. The third kappa shape index (κ3) is 4.87. The van der Waals surface area contributed by atoms with Crippen molar-refractivity contribution in [3.05, 3.63) is 65.9 Å². The van der Waals surface area contributed by atoms with E-state index in [0.717, 1.165) is 74.6 Å². The van der Waals surface area contributed by atoms with E-state index in [-0.39, 0.29) is 5.91 Å². The van der Waals surface area contributed by atoms with E-state index >= 15 is 0 Å². The summed E-state index contributed by atoms with van der Waals surface area (Å²) < 4.78 is 17.6. The minimum atomic E-state index is 0.0332. The molecule has 9 heteroatoms. The molecule has 0 aliphatic carbocycles. The zero-order chi connectivity index (χ0) is 28.6. The van der Waals surface area contributed by atoms with E-state index < -0.39 is 0 Å². The van der Waals surface area contributed by atoms with Gasteiger partial charge in [0.1, 0.15) is 23.1 Å². The van der Waals surface area contributed by atoms with Gasteiger partial charge in [-0.25, -0.2) is 0 Å². The van der Waals surface area contributed by atoms with E-state index in [2.05, 4.69) is 21.7 Å². The zero-order valence-electron chi connectivity index (χ0n) is 23.6. The maximum absolute atomic E-state index is 13.3. The number of furan rings is 1. The van der Waals surface area contributed by atoms with Gasteiger partial charge in [0.05, 0.1) is 23.9 Å². The first-order chi connectivity index (χ1) is 20.6. The van der Waals surface area contributed by atoms with Crippen LogP contribution in [0.3, 0.4) is 0 Å². The molecule has 3 fully saturated rings. The molecule has 3 aliphatic heterocycles. The number of aromatic nitrogens is 1. The maximum atomic E-state index is 13.3. The summed E-state index contributed by atoms with van der Waals surface area (Å²) in [5.74, 6) is 2.27. The van der Waals surface area contributed by atoms with Crippen molar-refractivity contribution in [1.82, 2.24) is 15.2 Å². The largest absolute Gasteiger partial charge is 0.496 e. The van der Waals surface area contributed by atoms with Crippen molar-refractivity contribution in [2.75, 3.05) is 51.8 Å². The molecule has 3 aliphatic rings. The number of hydrogen-bond donors (Lipinski definition) is 2. The van der Waals surface area contributed by atoms with Crippen LogP contribution in [0.15, 0.2) is 59.1 Å². The van der Waals surface area contributed by atoms with Gasteiger partial charge < -0.3 is 29.4 Å². The van der Waals surface area contributed by atoms with Crippen LogP contribution in [0.25, 0.3) is 33.6 Å². The number of nitriles is 1. The summed E-state index contributed by atoms with van der Waals surface area (Å²) in [6.45, 7) is 5.00. The first kappa shape index (κ1) is 26.5. The Morgan fingerprint density at radius 1 is 1.07 bits per heavy atom. The van der Waals surface area contributed by atoms with E-state index in [1.54, 1.807) is 19.4 Å². The van der Waals surface area contributed by atoms with Crippen LogP contribution >= 0.6 is 0 Å². The van der Waals surface area contributed by atoms with E-state index in [9.17, 15) is 10.1 Å². The fourth-order valence-electron chi connectivity index (χ4n) is 6.52. The highest BCUT2D eigenvalue weighted by molar-refractivity contribution is 5.97. The predicted octanol–water partition coefficient (Wildman–Crippen LogP) is 4.92. The Morgan fingerprint density at radius 3 is 2.64 bits per heavy atom. The monoisotopic (exact) mass is 563 g/mol. The third-order valence-electron chi connectivity index (χ3n) is 8.83. The van der Waals surface area contributed by atoms with Crippen LogP contribution in [0, 0.1) is 23.2 Å². The molecule has 2 unspecified atom stereocenters. The van der Waals surface area contributed by atoms with Crippen molar-refractivity contribution >= 4 is 22.7 Å². The summed E-state index contributed by atoms with van der Waals surface area (Å²) >= 11 is 0. The van der Waals surface area contributed by atoms with E-state index in [4.69, 9.17) is 13.9 Å². The molecule has 2 aromatic carbocycles. The Morgan fingerprint density at radius 2 is 1.88 bits per heavy atom. The molecular formula is C33H33N5O4. The summed E-state index contributed by atoms with van der Waals surface area (Å²) in [5.41, 5.74) is 5.80. The summed E-state index contributed by atoms with van der Waals surface area (Å²) in [7, 11) is 1.60. The van der Waals surface area contributed by atoms with Crippen molar-refractivity contribution in [1.29, 1.82) is 5.26 Å². The normalized spacial score (nSPS) is 20.4. The van der Waals surface area contributed by atoms with Gasteiger partial charge in [0.25, 0.3) is 5.91 Å². The lowest BCUT2D eigenvalue weighted by Gasteiger charge is -2.24. The Hall–Kier alpha value is -4.39. The molecule has 2 N–H and O–H groups in total. The lowest BCUT2D eigenvalue weighted by atomic mass is 10.0. The van der Waals surface area contributed by atoms with Gasteiger partial charge in [-0.05, 0) is 66.6 Å². The number of rotatable bonds is 6. The highest BCUT2D eigenvalue weighted by Gasteiger charge is 2.38. The average Bonchev–Trinajstić information content (AvgIpc) is 3.76. The smallest absolute Gasteiger partial charge is 0.254 e. The van der Waals surface area contributed by atoms with Crippen LogP contribution in [0.5, 0.6) is 5.75 Å². The molecule has 9 nitrogen and oxygen atoms in total. The summed E-state index contributed by atoms with van der Waals surface area (Å²) in [4.78, 5) is 19.8. The topological polar surface area (TPSA) is 113 Å². The van der Waals surface area contributed by atoms with Gasteiger partial charge in [-0.2, -0.15) is 5.26 Å². The molecule has 0 bridgehead atoms.